The first kappa shape index (κ1) is 22.6. The summed E-state index contributed by atoms with van der Waals surface area (Å²) in [6.07, 6.45) is 0. The van der Waals surface area contributed by atoms with E-state index < -0.39 is 41.0 Å². The van der Waals surface area contributed by atoms with Gasteiger partial charge in [-0.2, -0.15) is 8.78 Å². The van der Waals surface area contributed by atoms with E-state index in [0.717, 1.165) is 17.0 Å². The van der Waals surface area contributed by atoms with E-state index >= 15 is 8.78 Å². The second kappa shape index (κ2) is 8.38. The predicted octanol–water partition coefficient (Wildman–Crippen LogP) is 2.85. The third kappa shape index (κ3) is 4.22. The molecule has 0 aromatic heterocycles. The Morgan fingerprint density at radius 2 is 1.82 bits per heavy atom. The van der Waals surface area contributed by atoms with Crippen molar-refractivity contribution in [3.63, 3.8) is 0 Å². The van der Waals surface area contributed by atoms with Gasteiger partial charge in [0, 0.05) is 37.4 Å². The van der Waals surface area contributed by atoms with Crippen LogP contribution in [0.15, 0.2) is 36.4 Å². The SMILES string of the molecule is Cc1cc(NC(=O)c2ccc(F)c(C(F)(F)C(=O)N3CCN4C(=O)NCC4C3)c2)ccc1F. The molecule has 2 aliphatic heterocycles. The Morgan fingerprint density at radius 3 is 2.55 bits per heavy atom. The molecule has 0 spiro atoms. The number of piperazine rings is 1. The third-order valence-corrected chi connectivity index (χ3v) is 5.77. The van der Waals surface area contributed by atoms with Crippen molar-refractivity contribution in [3.8, 4) is 0 Å². The number of halogens is 4. The van der Waals surface area contributed by atoms with Crippen LogP contribution in [-0.4, -0.2) is 59.9 Å². The first-order valence-electron chi connectivity index (χ1n) is 10.2. The molecule has 4 amide bonds. The molecule has 4 rings (SSSR count). The van der Waals surface area contributed by atoms with Crippen LogP contribution in [0.3, 0.4) is 0 Å². The number of nitrogens with zero attached hydrogens (tertiary/aromatic N) is 2. The molecular weight excluding hydrogens is 444 g/mol. The highest BCUT2D eigenvalue weighted by Gasteiger charge is 2.48. The lowest BCUT2D eigenvalue weighted by Crippen LogP contribution is -2.56. The molecule has 2 saturated heterocycles. The molecule has 1 atom stereocenters. The minimum atomic E-state index is -4.23. The fourth-order valence-corrected chi connectivity index (χ4v) is 3.94. The lowest BCUT2D eigenvalue weighted by atomic mass is 10.0. The Hall–Kier alpha value is -3.63. The zero-order valence-electron chi connectivity index (χ0n) is 17.5. The summed E-state index contributed by atoms with van der Waals surface area (Å²) in [6, 6.07) is 5.38. The average molecular weight is 464 g/mol. The van der Waals surface area contributed by atoms with Gasteiger partial charge in [-0.3, -0.25) is 9.59 Å². The van der Waals surface area contributed by atoms with Crippen molar-refractivity contribution in [1.82, 2.24) is 15.1 Å². The number of urea groups is 1. The van der Waals surface area contributed by atoms with Crippen LogP contribution in [0, 0.1) is 18.6 Å². The molecule has 0 saturated carbocycles. The number of carbonyl (C=O) groups is 3. The highest BCUT2D eigenvalue weighted by molar-refractivity contribution is 6.04. The minimum Gasteiger partial charge on any atom is -0.336 e. The number of rotatable bonds is 4. The average Bonchev–Trinajstić information content (AvgIpc) is 3.16. The number of nitrogens with one attached hydrogen (secondary N) is 2. The van der Waals surface area contributed by atoms with Crippen LogP contribution < -0.4 is 10.6 Å². The van der Waals surface area contributed by atoms with Crippen molar-refractivity contribution < 1.29 is 31.9 Å². The van der Waals surface area contributed by atoms with Crippen LogP contribution >= 0.6 is 0 Å². The number of fused-ring (bicyclic) bond motifs is 1. The van der Waals surface area contributed by atoms with Crippen molar-refractivity contribution >= 4 is 23.5 Å². The molecule has 0 aliphatic carbocycles. The van der Waals surface area contributed by atoms with E-state index in [9.17, 15) is 23.2 Å². The Labute approximate surface area is 186 Å². The molecule has 1 unspecified atom stereocenters. The number of alkyl halides is 2. The maximum Gasteiger partial charge on any atom is 0.352 e. The lowest BCUT2D eigenvalue weighted by Gasteiger charge is -2.37. The minimum absolute atomic E-state index is 0.0837. The van der Waals surface area contributed by atoms with E-state index in [1.165, 1.54) is 24.0 Å². The topological polar surface area (TPSA) is 81.8 Å². The molecule has 0 bridgehead atoms. The molecule has 33 heavy (non-hydrogen) atoms. The van der Waals surface area contributed by atoms with Gasteiger partial charge in [0.1, 0.15) is 11.6 Å². The van der Waals surface area contributed by atoms with Gasteiger partial charge in [0.25, 0.3) is 11.8 Å². The second-order valence-corrected chi connectivity index (χ2v) is 7.97. The van der Waals surface area contributed by atoms with Gasteiger partial charge in [-0.1, -0.05) is 0 Å². The third-order valence-electron chi connectivity index (χ3n) is 5.77. The van der Waals surface area contributed by atoms with Gasteiger partial charge in [0.05, 0.1) is 11.6 Å². The highest BCUT2D eigenvalue weighted by Crippen LogP contribution is 2.34. The van der Waals surface area contributed by atoms with E-state index in [4.69, 9.17) is 0 Å². The van der Waals surface area contributed by atoms with Crippen LogP contribution in [-0.2, 0) is 10.7 Å². The summed E-state index contributed by atoms with van der Waals surface area (Å²) in [5.41, 5.74) is -1.02. The van der Waals surface area contributed by atoms with Gasteiger partial charge in [-0.15, -0.1) is 0 Å². The van der Waals surface area contributed by atoms with Crippen molar-refractivity contribution in [2.75, 3.05) is 31.5 Å². The van der Waals surface area contributed by atoms with E-state index in [2.05, 4.69) is 10.6 Å². The van der Waals surface area contributed by atoms with Crippen LogP contribution in [0.2, 0.25) is 0 Å². The number of aryl methyl sites for hydroxylation is 1. The van der Waals surface area contributed by atoms with Crippen LogP contribution in [0.5, 0.6) is 0 Å². The van der Waals surface area contributed by atoms with E-state index in [1.54, 1.807) is 0 Å². The number of benzene rings is 2. The number of amides is 4. The van der Waals surface area contributed by atoms with Gasteiger partial charge in [0.2, 0.25) is 0 Å². The Morgan fingerprint density at radius 1 is 1.09 bits per heavy atom. The van der Waals surface area contributed by atoms with Crippen molar-refractivity contribution in [1.29, 1.82) is 0 Å². The fraction of sp³-hybridized carbons (Fsp3) is 0.318. The predicted molar refractivity (Wildman–Crippen MR) is 110 cm³/mol. The van der Waals surface area contributed by atoms with Gasteiger partial charge in [-0.05, 0) is 48.9 Å². The number of hydrogen-bond donors (Lipinski definition) is 2. The summed E-state index contributed by atoms with van der Waals surface area (Å²) in [4.78, 5) is 39.2. The highest BCUT2D eigenvalue weighted by atomic mass is 19.3. The summed E-state index contributed by atoms with van der Waals surface area (Å²) in [7, 11) is 0. The fourth-order valence-electron chi connectivity index (χ4n) is 3.94. The summed E-state index contributed by atoms with van der Waals surface area (Å²) < 4.78 is 57.9. The molecule has 2 aromatic rings. The zero-order valence-corrected chi connectivity index (χ0v) is 17.5. The molecule has 174 valence electrons. The normalized spacial score (nSPS) is 18.1. The molecule has 7 nitrogen and oxygen atoms in total. The molecule has 2 fully saturated rings. The Balaban J connectivity index is 1.54. The number of carbonyl (C=O) groups excluding carboxylic acids is 3. The number of hydrogen-bond acceptors (Lipinski definition) is 3. The van der Waals surface area contributed by atoms with Crippen molar-refractivity contribution in [2.24, 2.45) is 0 Å². The van der Waals surface area contributed by atoms with E-state index in [1.807, 2.05) is 0 Å². The maximum atomic E-state index is 15.1. The van der Waals surface area contributed by atoms with Gasteiger partial charge in [0.15, 0.2) is 0 Å². The summed E-state index contributed by atoms with van der Waals surface area (Å²) in [5.74, 6) is -8.47. The van der Waals surface area contributed by atoms with Crippen LogP contribution in [0.25, 0.3) is 0 Å². The van der Waals surface area contributed by atoms with Crippen LogP contribution in [0.1, 0.15) is 21.5 Å². The zero-order chi connectivity index (χ0) is 23.9. The van der Waals surface area contributed by atoms with Gasteiger partial charge < -0.3 is 20.4 Å². The monoisotopic (exact) mass is 464 g/mol. The second-order valence-electron chi connectivity index (χ2n) is 7.97. The van der Waals surface area contributed by atoms with Crippen LogP contribution in [0.4, 0.5) is 28.0 Å². The molecule has 2 aliphatic rings. The number of anilines is 1. The summed E-state index contributed by atoms with van der Waals surface area (Å²) >= 11 is 0. The van der Waals surface area contributed by atoms with Crippen molar-refractivity contribution in [2.45, 2.75) is 18.9 Å². The lowest BCUT2D eigenvalue weighted by molar-refractivity contribution is -0.161. The molecule has 2 heterocycles. The largest absolute Gasteiger partial charge is 0.352 e. The Kier molecular flexibility index (Phi) is 5.73. The molecule has 2 N–H and O–H groups in total. The molecular formula is C22H20F4N4O3. The first-order valence-corrected chi connectivity index (χ1v) is 10.2. The summed E-state index contributed by atoms with van der Waals surface area (Å²) in [5, 5.41) is 5.02. The first-order chi connectivity index (χ1) is 15.6. The van der Waals surface area contributed by atoms with Gasteiger partial charge >= 0.3 is 12.0 Å². The standard InChI is InChI=1S/C22H20F4N4O3/c1-12-8-14(3-5-17(12)23)28-19(31)13-2-4-18(24)16(9-13)22(25,26)20(32)29-6-7-30-15(11-29)10-27-21(30)33/h2-5,8-9,15H,6-7,10-11H2,1H3,(H,27,33)(H,28,31). The quantitative estimate of drug-likeness (QED) is 0.683. The smallest absolute Gasteiger partial charge is 0.336 e. The molecule has 11 heteroatoms. The maximum absolute atomic E-state index is 15.1. The Bertz CT molecular complexity index is 1140. The summed E-state index contributed by atoms with van der Waals surface area (Å²) in [6.45, 7) is 1.56. The van der Waals surface area contributed by atoms with E-state index in [-0.39, 0.29) is 49.0 Å². The molecule has 0 radical (unpaired) electrons. The van der Waals surface area contributed by atoms with Crippen molar-refractivity contribution in [3.05, 3.63) is 64.7 Å². The van der Waals surface area contributed by atoms with Gasteiger partial charge in [-0.25, -0.2) is 13.6 Å². The molecule has 2 aromatic carbocycles. The van der Waals surface area contributed by atoms with E-state index in [0.29, 0.717) is 12.1 Å².